The van der Waals surface area contributed by atoms with Crippen LogP contribution in [0.25, 0.3) is 87.4 Å². The van der Waals surface area contributed by atoms with Crippen LogP contribution in [0.5, 0.6) is 0 Å². The van der Waals surface area contributed by atoms with E-state index in [9.17, 15) is 4.79 Å². The van der Waals surface area contributed by atoms with Gasteiger partial charge in [-0.1, -0.05) is 109 Å². The Hall–Kier alpha value is -6.11. The van der Waals surface area contributed by atoms with Crippen LogP contribution in [0.15, 0.2) is 150 Å². The number of hydrogen-bond acceptors (Lipinski definition) is 4. The predicted octanol–water partition coefficient (Wildman–Crippen LogP) is 10.4. The van der Waals surface area contributed by atoms with Crippen LogP contribution < -0.4 is 5.69 Å². The van der Waals surface area contributed by atoms with Crippen molar-refractivity contribution in [3.05, 3.63) is 156 Å². The lowest BCUT2D eigenvalue weighted by Gasteiger charge is -2.14. The van der Waals surface area contributed by atoms with E-state index in [1.54, 1.807) is 9.13 Å². The third-order valence-corrected chi connectivity index (χ3v) is 10.6. The first-order valence-corrected chi connectivity index (χ1v) is 17.1. The molecular weight excluding hydrogens is 621 g/mol. The maximum absolute atomic E-state index is 12.6. The maximum Gasteiger partial charge on any atom is 0.328 e. The quantitative estimate of drug-likeness (QED) is 0.186. The molecule has 0 amide bonds. The molecule has 0 aliphatic carbocycles. The first-order valence-electron chi connectivity index (χ1n) is 16.2. The summed E-state index contributed by atoms with van der Waals surface area (Å²) in [6.07, 6.45) is 0. The Morgan fingerprint density at radius 1 is 0.490 bits per heavy atom. The lowest BCUT2D eigenvalue weighted by atomic mass is 9.93. The topological polar surface area (TPSA) is 52.7 Å². The lowest BCUT2D eigenvalue weighted by molar-refractivity contribution is 0.795. The molecule has 6 heteroatoms. The molecule has 0 radical (unpaired) electrons. The number of aryl methyl sites for hydroxylation is 2. The van der Waals surface area contributed by atoms with E-state index in [4.69, 9.17) is 9.97 Å². The molecule has 0 bridgehead atoms. The van der Waals surface area contributed by atoms with Crippen LogP contribution in [0, 0.1) is 0 Å². The van der Waals surface area contributed by atoms with Gasteiger partial charge >= 0.3 is 5.69 Å². The van der Waals surface area contributed by atoms with Crippen molar-refractivity contribution < 1.29 is 0 Å². The fraction of sp³-hybridized carbons (Fsp3) is 0.0465. The molecule has 0 fully saturated rings. The SMILES string of the molecule is Cn1c(=O)n(C)c2cc(-c3cccc(-c4cc(-c5ccccc5-c5cccc6sc7ccccc7c56)nc(-c5ccccc5)n4)c3)ccc21. The number of fused-ring (bicyclic) bond motifs is 4. The van der Waals surface area contributed by atoms with Crippen molar-refractivity contribution >= 4 is 42.5 Å². The monoisotopic (exact) mass is 650 g/mol. The molecule has 3 heterocycles. The highest BCUT2D eigenvalue weighted by Crippen LogP contribution is 2.43. The molecule has 0 saturated carbocycles. The van der Waals surface area contributed by atoms with Crippen molar-refractivity contribution in [1.29, 1.82) is 0 Å². The van der Waals surface area contributed by atoms with Crippen molar-refractivity contribution in [3.63, 3.8) is 0 Å². The molecule has 9 rings (SSSR count). The molecule has 49 heavy (non-hydrogen) atoms. The van der Waals surface area contributed by atoms with Gasteiger partial charge in [0.05, 0.1) is 22.4 Å². The summed E-state index contributed by atoms with van der Waals surface area (Å²) in [6.45, 7) is 0. The van der Waals surface area contributed by atoms with E-state index in [1.807, 2.05) is 49.7 Å². The normalized spacial score (nSPS) is 11.6. The zero-order chi connectivity index (χ0) is 33.1. The van der Waals surface area contributed by atoms with Crippen LogP contribution in [0.1, 0.15) is 0 Å². The maximum atomic E-state index is 12.6. The average Bonchev–Trinajstić information content (AvgIpc) is 3.65. The molecule has 6 aromatic carbocycles. The Labute approximate surface area is 287 Å². The number of aromatic nitrogens is 4. The van der Waals surface area contributed by atoms with E-state index in [0.29, 0.717) is 5.82 Å². The van der Waals surface area contributed by atoms with E-state index in [1.165, 1.54) is 25.7 Å². The summed E-state index contributed by atoms with van der Waals surface area (Å²) in [6, 6.07) is 50.7. The van der Waals surface area contributed by atoms with Gasteiger partial charge in [0.1, 0.15) is 0 Å². The van der Waals surface area contributed by atoms with Gasteiger partial charge in [-0.05, 0) is 58.7 Å². The molecule has 0 aliphatic rings. The summed E-state index contributed by atoms with van der Waals surface area (Å²) < 4.78 is 5.93. The molecule has 234 valence electrons. The second kappa shape index (κ2) is 11.5. The summed E-state index contributed by atoms with van der Waals surface area (Å²) >= 11 is 1.83. The Kier molecular flexibility index (Phi) is 6.85. The summed E-state index contributed by atoms with van der Waals surface area (Å²) in [5, 5.41) is 2.54. The number of benzene rings is 6. The molecule has 0 atom stereocenters. The van der Waals surface area contributed by atoms with Crippen LogP contribution in [0.4, 0.5) is 0 Å². The van der Waals surface area contributed by atoms with E-state index in [0.717, 1.165) is 55.8 Å². The molecule has 3 aromatic heterocycles. The standard InChI is InChI=1S/C43H30N4OS/c1-46-37-23-22-29(25-38(37)47(2)43(46)48)28-14-10-15-30(24-28)35-26-36(45-42(44-35)27-12-4-3-5-13-27)32-17-7-6-16-31(32)33-19-11-21-40-41(33)34-18-8-9-20-39(34)49-40/h3-26H,1-2H3. The van der Waals surface area contributed by atoms with Gasteiger partial charge < -0.3 is 0 Å². The fourth-order valence-corrected chi connectivity index (χ4v) is 8.07. The van der Waals surface area contributed by atoms with Gasteiger partial charge in [-0.25, -0.2) is 14.8 Å². The Morgan fingerprint density at radius 2 is 1.12 bits per heavy atom. The molecular formula is C43H30N4OS. The zero-order valence-electron chi connectivity index (χ0n) is 27.0. The lowest BCUT2D eigenvalue weighted by Crippen LogP contribution is -2.19. The van der Waals surface area contributed by atoms with Gasteiger partial charge in [0, 0.05) is 51.0 Å². The second-order valence-corrected chi connectivity index (χ2v) is 13.4. The largest absolute Gasteiger partial charge is 0.328 e. The molecule has 0 spiro atoms. The predicted molar refractivity (Wildman–Crippen MR) is 204 cm³/mol. The molecule has 0 saturated heterocycles. The molecule has 9 aromatic rings. The average molecular weight is 651 g/mol. The smallest absolute Gasteiger partial charge is 0.295 e. The minimum atomic E-state index is -0.0356. The first-order chi connectivity index (χ1) is 24.0. The first kappa shape index (κ1) is 29.1. The van der Waals surface area contributed by atoms with Crippen LogP contribution >= 0.6 is 11.3 Å². The van der Waals surface area contributed by atoms with E-state index in [2.05, 4.69) is 121 Å². The second-order valence-electron chi connectivity index (χ2n) is 12.3. The number of nitrogens with zero attached hydrogens (tertiary/aromatic N) is 4. The Balaban J connectivity index is 1.23. The van der Waals surface area contributed by atoms with Crippen LogP contribution in [-0.4, -0.2) is 19.1 Å². The van der Waals surface area contributed by atoms with E-state index in [-0.39, 0.29) is 5.69 Å². The molecule has 0 unspecified atom stereocenters. The van der Waals surface area contributed by atoms with E-state index >= 15 is 0 Å². The highest BCUT2D eigenvalue weighted by atomic mass is 32.1. The van der Waals surface area contributed by atoms with Crippen molar-refractivity contribution in [3.8, 4) is 56.2 Å². The summed E-state index contributed by atoms with van der Waals surface area (Å²) in [7, 11) is 3.63. The minimum absolute atomic E-state index is 0.0356. The molecule has 5 nitrogen and oxygen atoms in total. The van der Waals surface area contributed by atoms with Crippen molar-refractivity contribution in [2.24, 2.45) is 14.1 Å². The van der Waals surface area contributed by atoms with Crippen molar-refractivity contribution in [2.45, 2.75) is 0 Å². The van der Waals surface area contributed by atoms with Gasteiger partial charge in [-0.2, -0.15) is 0 Å². The highest BCUT2D eigenvalue weighted by Gasteiger charge is 2.18. The van der Waals surface area contributed by atoms with Crippen LogP contribution in [0.2, 0.25) is 0 Å². The van der Waals surface area contributed by atoms with Gasteiger partial charge in [0.15, 0.2) is 5.82 Å². The van der Waals surface area contributed by atoms with Gasteiger partial charge in [-0.15, -0.1) is 11.3 Å². The molecule has 0 aliphatic heterocycles. The number of rotatable bonds is 5. The van der Waals surface area contributed by atoms with Crippen molar-refractivity contribution in [2.75, 3.05) is 0 Å². The van der Waals surface area contributed by atoms with Gasteiger partial charge in [-0.3, -0.25) is 9.13 Å². The number of thiophene rings is 1. The Morgan fingerprint density at radius 3 is 2.00 bits per heavy atom. The van der Waals surface area contributed by atoms with Gasteiger partial charge in [0.25, 0.3) is 0 Å². The van der Waals surface area contributed by atoms with Gasteiger partial charge in [0.2, 0.25) is 0 Å². The number of hydrogen-bond donors (Lipinski definition) is 0. The number of imidazole rings is 1. The van der Waals surface area contributed by atoms with Crippen molar-refractivity contribution in [1.82, 2.24) is 19.1 Å². The summed E-state index contributed by atoms with van der Waals surface area (Å²) in [5.41, 5.74) is 10.9. The Bertz CT molecular complexity index is 2770. The minimum Gasteiger partial charge on any atom is -0.295 e. The summed E-state index contributed by atoms with van der Waals surface area (Å²) in [4.78, 5) is 23.0. The fourth-order valence-electron chi connectivity index (χ4n) is 6.93. The third-order valence-electron chi connectivity index (χ3n) is 9.42. The highest BCUT2D eigenvalue weighted by molar-refractivity contribution is 7.25. The zero-order valence-corrected chi connectivity index (χ0v) is 27.8. The third kappa shape index (κ3) is 4.88. The van der Waals surface area contributed by atoms with Crippen LogP contribution in [0.3, 0.4) is 0 Å². The summed E-state index contributed by atoms with van der Waals surface area (Å²) in [5.74, 6) is 0.674. The van der Waals surface area contributed by atoms with E-state index < -0.39 is 0 Å². The molecule has 0 N–H and O–H groups in total. The van der Waals surface area contributed by atoms with Crippen LogP contribution in [-0.2, 0) is 14.1 Å².